The number of aromatic hydroxyl groups is 1. The van der Waals surface area contributed by atoms with Crippen LogP contribution in [0.2, 0.25) is 0 Å². The highest BCUT2D eigenvalue weighted by molar-refractivity contribution is 5.80. The van der Waals surface area contributed by atoms with Crippen LogP contribution in [0.1, 0.15) is 65.6 Å². The first-order valence-electron chi connectivity index (χ1n) is 16.0. The van der Waals surface area contributed by atoms with Crippen LogP contribution in [0.25, 0.3) is 11.1 Å². The van der Waals surface area contributed by atoms with Crippen molar-refractivity contribution in [1.82, 2.24) is 10.2 Å². The standard InChI is InChI=1S/C38H42N2O8/c1-40(23-34(43)30-8-4-10-32(42)19-30)22-33-20-35(27-13-11-25(24-41)12-14-27)48-38(47-33)31-9-3-7-29(18-31)28-6-2-5-26(17-28)21-39-36(44)15-16-37(45)46/h2-14,17-19,33-35,38,41-43H,15-16,20-24H2,1H3,(H,39,44)(H,45,46). The molecule has 5 rings (SSSR count). The summed E-state index contributed by atoms with van der Waals surface area (Å²) < 4.78 is 13.1. The first-order chi connectivity index (χ1) is 23.2. The number of amides is 1. The molecule has 0 radical (unpaired) electrons. The van der Waals surface area contributed by atoms with Crippen LogP contribution in [0.3, 0.4) is 0 Å². The topological polar surface area (TPSA) is 149 Å². The van der Waals surface area contributed by atoms with Crippen LogP contribution >= 0.6 is 0 Å². The highest BCUT2D eigenvalue weighted by Gasteiger charge is 2.33. The van der Waals surface area contributed by atoms with Crippen LogP contribution < -0.4 is 5.32 Å². The van der Waals surface area contributed by atoms with Crippen molar-refractivity contribution < 1.29 is 39.5 Å². The monoisotopic (exact) mass is 654 g/mol. The van der Waals surface area contributed by atoms with Gasteiger partial charge in [0.15, 0.2) is 6.29 Å². The van der Waals surface area contributed by atoms with Crippen LogP contribution in [-0.2, 0) is 32.2 Å². The lowest BCUT2D eigenvalue weighted by molar-refractivity contribution is -0.252. The van der Waals surface area contributed by atoms with E-state index in [1.165, 1.54) is 0 Å². The number of phenolic OH excluding ortho intramolecular Hbond substituents is 1. The molecular formula is C38H42N2O8. The molecule has 4 atom stereocenters. The van der Waals surface area contributed by atoms with E-state index >= 15 is 0 Å². The number of aliphatic hydroxyl groups is 2. The third-order valence-corrected chi connectivity index (χ3v) is 8.34. The number of rotatable bonds is 14. The Morgan fingerprint density at radius 2 is 1.60 bits per heavy atom. The number of aliphatic hydroxyl groups excluding tert-OH is 2. The zero-order valence-electron chi connectivity index (χ0n) is 26.9. The fourth-order valence-corrected chi connectivity index (χ4v) is 5.82. The number of phenols is 1. The number of carboxylic acids is 1. The molecule has 252 valence electrons. The number of aliphatic carboxylic acids is 1. The van der Waals surface area contributed by atoms with E-state index in [4.69, 9.17) is 14.6 Å². The maximum Gasteiger partial charge on any atom is 0.303 e. The summed E-state index contributed by atoms with van der Waals surface area (Å²) in [5, 5.41) is 41.8. The Morgan fingerprint density at radius 3 is 2.33 bits per heavy atom. The molecular weight excluding hydrogens is 612 g/mol. The molecule has 0 aromatic heterocycles. The minimum atomic E-state index is -1.01. The van der Waals surface area contributed by atoms with E-state index in [-0.39, 0.29) is 49.9 Å². The Bertz CT molecular complexity index is 1680. The lowest BCUT2D eigenvalue weighted by Gasteiger charge is -2.38. The third-order valence-electron chi connectivity index (χ3n) is 8.34. The molecule has 0 saturated carbocycles. The lowest BCUT2D eigenvalue weighted by atomic mass is 9.98. The van der Waals surface area contributed by atoms with Gasteiger partial charge in [-0.25, -0.2) is 0 Å². The highest BCUT2D eigenvalue weighted by atomic mass is 16.7. The molecule has 1 fully saturated rings. The van der Waals surface area contributed by atoms with E-state index in [1.807, 2.05) is 84.7 Å². The first-order valence-corrected chi connectivity index (χ1v) is 16.0. The molecule has 4 unspecified atom stereocenters. The number of nitrogens with zero attached hydrogens (tertiary/aromatic N) is 1. The van der Waals surface area contributed by atoms with E-state index in [1.54, 1.807) is 24.3 Å². The smallest absolute Gasteiger partial charge is 0.303 e. The van der Waals surface area contributed by atoms with Crippen molar-refractivity contribution in [1.29, 1.82) is 0 Å². The average Bonchev–Trinajstić information content (AvgIpc) is 3.10. The molecule has 0 bridgehead atoms. The third kappa shape index (κ3) is 9.72. The van der Waals surface area contributed by atoms with E-state index in [0.29, 0.717) is 25.1 Å². The molecule has 0 aliphatic carbocycles. The van der Waals surface area contributed by atoms with Crippen molar-refractivity contribution in [2.75, 3.05) is 20.1 Å². The van der Waals surface area contributed by atoms with Gasteiger partial charge in [-0.1, -0.05) is 72.8 Å². The normalized spacial score (nSPS) is 18.4. The van der Waals surface area contributed by atoms with Crippen LogP contribution in [0.15, 0.2) is 97.1 Å². The SMILES string of the molecule is CN(CC1CC(c2ccc(CO)cc2)OC(c2cccc(-c3cccc(CNC(=O)CCC(=O)O)c3)c2)O1)CC(O)c1cccc(O)c1. The second kappa shape index (κ2) is 16.5. The maximum absolute atomic E-state index is 12.0. The number of benzene rings is 4. The van der Waals surface area contributed by atoms with Crippen LogP contribution in [0, 0.1) is 0 Å². The van der Waals surface area contributed by atoms with Gasteiger partial charge in [-0.15, -0.1) is 0 Å². The molecule has 1 aliphatic rings. The molecule has 1 aliphatic heterocycles. The number of carbonyl (C=O) groups is 2. The van der Waals surface area contributed by atoms with E-state index < -0.39 is 18.4 Å². The highest BCUT2D eigenvalue weighted by Crippen LogP contribution is 2.39. The van der Waals surface area contributed by atoms with Gasteiger partial charge in [-0.05, 0) is 64.7 Å². The van der Waals surface area contributed by atoms with Crippen molar-refractivity contribution in [3.63, 3.8) is 0 Å². The number of carbonyl (C=O) groups excluding carboxylic acids is 1. The summed E-state index contributed by atoms with van der Waals surface area (Å²) in [6.45, 7) is 1.11. The molecule has 10 nitrogen and oxygen atoms in total. The average molecular weight is 655 g/mol. The molecule has 48 heavy (non-hydrogen) atoms. The second-order valence-corrected chi connectivity index (χ2v) is 12.2. The molecule has 0 spiro atoms. The summed E-state index contributed by atoms with van der Waals surface area (Å²) in [6, 6.07) is 30.1. The summed E-state index contributed by atoms with van der Waals surface area (Å²) in [6.07, 6.45) is -1.66. The van der Waals surface area contributed by atoms with E-state index in [9.17, 15) is 24.9 Å². The number of ether oxygens (including phenoxy) is 2. The fourth-order valence-electron chi connectivity index (χ4n) is 5.82. The van der Waals surface area contributed by atoms with Gasteiger partial charge in [0.05, 0.1) is 31.3 Å². The Kier molecular flexibility index (Phi) is 11.9. The Balaban J connectivity index is 1.32. The molecule has 10 heteroatoms. The van der Waals surface area contributed by atoms with Crippen molar-refractivity contribution in [2.45, 2.75) is 57.0 Å². The van der Waals surface area contributed by atoms with Crippen LogP contribution in [0.4, 0.5) is 0 Å². The maximum atomic E-state index is 12.0. The summed E-state index contributed by atoms with van der Waals surface area (Å²) in [7, 11) is 1.92. The van der Waals surface area contributed by atoms with Crippen molar-refractivity contribution in [3.8, 4) is 16.9 Å². The van der Waals surface area contributed by atoms with Gasteiger partial charge < -0.3 is 40.1 Å². The molecule has 4 aromatic rings. The second-order valence-electron chi connectivity index (χ2n) is 12.2. The van der Waals surface area contributed by atoms with E-state index in [2.05, 4.69) is 5.32 Å². The predicted octanol–water partition coefficient (Wildman–Crippen LogP) is 5.24. The van der Waals surface area contributed by atoms with Crippen molar-refractivity contribution in [2.24, 2.45) is 0 Å². The van der Waals surface area contributed by atoms with Gasteiger partial charge in [0.1, 0.15) is 5.75 Å². The number of hydrogen-bond donors (Lipinski definition) is 5. The summed E-state index contributed by atoms with van der Waals surface area (Å²) in [5.74, 6) is -1.22. The van der Waals surface area contributed by atoms with Gasteiger partial charge in [-0.2, -0.15) is 0 Å². The molecule has 4 aromatic carbocycles. The number of hydrogen-bond acceptors (Lipinski definition) is 8. The number of likely N-dealkylation sites (N-methyl/N-ethyl adjacent to an activating group) is 1. The van der Waals surface area contributed by atoms with Crippen LogP contribution in [-0.4, -0.2) is 63.4 Å². The largest absolute Gasteiger partial charge is 0.508 e. The molecule has 1 saturated heterocycles. The Labute approximate surface area is 280 Å². The minimum absolute atomic E-state index is 0.0441. The lowest BCUT2D eigenvalue weighted by Crippen LogP contribution is -2.39. The van der Waals surface area contributed by atoms with Gasteiger partial charge >= 0.3 is 5.97 Å². The zero-order valence-corrected chi connectivity index (χ0v) is 26.9. The zero-order chi connectivity index (χ0) is 34.0. The van der Waals surface area contributed by atoms with Crippen LogP contribution in [0.5, 0.6) is 5.75 Å². The number of nitrogens with one attached hydrogen (secondary N) is 1. The quantitative estimate of drug-likeness (QED) is 0.123. The van der Waals surface area contributed by atoms with Gasteiger partial charge in [-0.3, -0.25) is 9.59 Å². The molecule has 1 heterocycles. The summed E-state index contributed by atoms with van der Waals surface area (Å²) >= 11 is 0. The summed E-state index contributed by atoms with van der Waals surface area (Å²) in [4.78, 5) is 24.8. The number of carboxylic acid groups (broad SMARTS) is 1. The molecule has 5 N–H and O–H groups in total. The van der Waals surface area contributed by atoms with Gasteiger partial charge in [0, 0.05) is 38.0 Å². The fraction of sp³-hybridized carbons (Fsp3) is 0.316. The Morgan fingerprint density at radius 1 is 0.875 bits per heavy atom. The van der Waals surface area contributed by atoms with E-state index in [0.717, 1.165) is 33.4 Å². The van der Waals surface area contributed by atoms with Gasteiger partial charge in [0.2, 0.25) is 5.91 Å². The summed E-state index contributed by atoms with van der Waals surface area (Å²) in [5.41, 5.74) is 6.03. The van der Waals surface area contributed by atoms with Crippen molar-refractivity contribution in [3.05, 3.63) is 125 Å². The Hall–Kier alpha value is -4.58. The van der Waals surface area contributed by atoms with Crippen molar-refractivity contribution >= 4 is 11.9 Å². The molecule has 1 amide bonds. The van der Waals surface area contributed by atoms with Gasteiger partial charge in [0.25, 0.3) is 0 Å². The minimum Gasteiger partial charge on any atom is -0.508 e. The first kappa shape index (κ1) is 34.7. The predicted molar refractivity (Wildman–Crippen MR) is 180 cm³/mol.